The molecule has 15 heteroatoms. The molecule has 0 amide bonds. The van der Waals surface area contributed by atoms with Crippen LogP contribution in [-0.4, -0.2) is 74.8 Å². The van der Waals surface area contributed by atoms with Crippen LogP contribution in [-0.2, 0) is 0 Å². The fourth-order valence-corrected chi connectivity index (χ4v) is 18.4. The van der Waals surface area contributed by atoms with Crippen molar-refractivity contribution in [2.45, 2.75) is 0 Å². The maximum absolute atomic E-state index is 5.05. The molecule has 26 rings (SSSR count). The number of benzene rings is 17. The van der Waals surface area contributed by atoms with E-state index in [2.05, 4.69) is 338 Å². The first-order chi connectivity index (χ1) is 69.3. The van der Waals surface area contributed by atoms with Crippen LogP contribution >= 0.6 is 0 Å². The lowest BCUT2D eigenvalue weighted by atomic mass is 10.0. The molecule has 0 saturated heterocycles. The fraction of sp³-hybridized carbons (Fsp3) is 0. The van der Waals surface area contributed by atoms with E-state index in [-0.39, 0.29) is 0 Å². The zero-order valence-corrected chi connectivity index (χ0v) is 75.3. The minimum atomic E-state index is 0.611. The van der Waals surface area contributed by atoms with Crippen molar-refractivity contribution in [3.8, 4) is 170 Å². The topological polar surface area (TPSA) is 193 Å². The second kappa shape index (κ2) is 37.3. The van der Waals surface area contributed by atoms with Crippen molar-refractivity contribution in [1.29, 1.82) is 0 Å². The minimum absolute atomic E-state index is 0.611. The Labute approximate surface area is 805 Å². The number of hydrogen-bond acceptors (Lipinski definition) is 15. The summed E-state index contributed by atoms with van der Waals surface area (Å²) >= 11 is 0. The van der Waals surface area contributed by atoms with Crippen LogP contribution in [0.15, 0.2) is 480 Å². The quantitative estimate of drug-likeness (QED) is 0.0940. The molecule has 0 aliphatic heterocycles. The zero-order valence-electron chi connectivity index (χ0n) is 75.3. The predicted octanol–water partition coefficient (Wildman–Crippen LogP) is 30.2. The average Bonchev–Trinajstić information content (AvgIpc) is 0.787. The summed E-state index contributed by atoms with van der Waals surface area (Å²) in [6.07, 6.45) is 11.2. The zero-order chi connectivity index (χ0) is 93.0. The molecule has 0 radical (unpaired) electrons. The largest absolute Gasteiger partial charge is 0.256 e. The SMILES string of the molecule is c1ccc(-c2nc(-c3ccc(-c4nccc5ccccc45)cc3)nc(-c3ccc(-c4nccc5ccccc45)cc3)n2)cc1.c1ccc2c(-c3nc(-c4ccc(-c5nccc6ccccc56)cc4)nc(-c4ccc(-c5nccc6ccccc56)cc4)n3)cccc2c1.c1ccc2cc(-c3nc(-c4ccc(-c5nccc6ccccc56)cc4)nc(-c4ccc(-c5nccc6ccccc56)cc4)n3)ccc2c1. The van der Waals surface area contributed by atoms with Crippen molar-refractivity contribution in [3.63, 3.8) is 0 Å². The van der Waals surface area contributed by atoms with Crippen molar-refractivity contribution >= 4 is 86.2 Å². The van der Waals surface area contributed by atoms with Crippen LogP contribution in [0.25, 0.3) is 256 Å². The van der Waals surface area contributed by atoms with E-state index < -0.39 is 0 Å². The number of pyridine rings is 6. The third-order valence-corrected chi connectivity index (χ3v) is 25.5. The standard InChI is InChI=1S/2C43H27N5.C39H25N5/c1-4-12-35-28(8-1)11-7-15-38(35)43-47-41(33-20-16-31(17-21-33)39-36-13-5-2-9-29(36)24-26-44-39)46-42(48-43)34-22-18-32(19-23-34)40-37-14-6-3-10-30(37)25-27-45-40;1-2-10-35-27-36(22-13-28(35)7-1)43-47-41(33-18-14-31(15-19-33)39-37-11-5-3-8-29(37)23-25-44-39)46-42(48-43)34-20-16-32(17-21-34)40-38-12-6-4-9-30(38)24-26-45-40;1-2-10-30(11-3-1)37-42-38(31-18-14-28(15-19-31)35-33-12-6-4-8-26(33)22-24-40-35)44-39(43-37)32-20-16-29(17-21-32)36-34-13-7-5-9-27(34)23-25-41-36/h2*1-27H;1-25H. The monoisotopic (exact) mass is 1790 g/mol. The highest BCUT2D eigenvalue weighted by Gasteiger charge is 2.22. The number of aromatic nitrogens is 15. The van der Waals surface area contributed by atoms with E-state index in [0.29, 0.717) is 52.4 Å². The molecule has 9 aromatic heterocycles. The maximum atomic E-state index is 5.05. The van der Waals surface area contributed by atoms with Gasteiger partial charge in [0.05, 0.1) is 34.2 Å². The number of nitrogens with zero attached hydrogens (tertiary/aromatic N) is 15. The molecular weight excluding hydrogens is 1710 g/mol. The molecule has 0 spiro atoms. The molecular formula is C125H79N15. The van der Waals surface area contributed by atoms with Crippen molar-refractivity contribution in [2.75, 3.05) is 0 Å². The Kier molecular flexibility index (Phi) is 22.3. The van der Waals surface area contributed by atoms with Crippen molar-refractivity contribution in [3.05, 3.63) is 480 Å². The van der Waals surface area contributed by atoms with Crippen LogP contribution in [0, 0.1) is 0 Å². The van der Waals surface area contributed by atoms with Gasteiger partial charge in [0, 0.05) is 153 Å². The molecule has 0 aliphatic rings. The minimum Gasteiger partial charge on any atom is -0.256 e. The molecule has 0 N–H and O–H groups in total. The van der Waals surface area contributed by atoms with Crippen molar-refractivity contribution in [2.24, 2.45) is 0 Å². The van der Waals surface area contributed by atoms with Crippen molar-refractivity contribution in [1.82, 2.24) is 74.8 Å². The summed E-state index contributed by atoms with van der Waals surface area (Å²) < 4.78 is 0. The first kappa shape index (κ1) is 83.8. The summed E-state index contributed by atoms with van der Waals surface area (Å²) in [7, 11) is 0. The van der Waals surface area contributed by atoms with E-state index in [0.717, 1.165) is 188 Å². The molecule has 140 heavy (non-hydrogen) atoms. The van der Waals surface area contributed by atoms with Gasteiger partial charge in [0.15, 0.2) is 52.4 Å². The van der Waals surface area contributed by atoms with Crippen LogP contribution in [0.5, 0.6) is 0 Å². The normalized spacial score (nSPS) is 11.3. The molecule has 9 heterocycles. The lowest BCUT2D eigenvalue weighted by molar-refractivity contribution is 1.07. The van der Waals surface area contributed by atoms with Crippen LogP contribution in [0.1, 0.15) is 0 Å². The molecule has 0 saturated carbocycles. The number of hydrogen-bond donors (Lipinski definition) is 0. The van der Waals surface area contributed by atoms with Gasteiger partial charge in [-0.2, -0.15) is 0 Å². The first-order valence-corrected chi connectivity index (χ1v) is 46.3. The molecule has 0 aliphatic carbocycles. The highest BCUT2D eigenvalue weighted by Crippen LogP contribution is 2.40. The molecule has 0 fully saturated rings. The molecule has 0 bridgehead atoms. The molecule has 15 nitrogen and oxygen atoms in total. The second-order valence-corrected chi connectivity index (χ2v) is 34.1. The summed E-state index contributed by atoms with van der Waals surface area (Å²) in [5, 5.41) is 18.3. The van der Waals surface area contributed by atoms with E-state index in [9.17, 15) is 0 Å². The van der Waals surface area contributed by atoms with E-state index in [1.165, 1.54) is 16.2 Å². The molecule has 17 aromatic carbocycles. The van der Waals surface area contributed by atoms with E-state index >= 15 is 0 Å². The van der Waals surface area contributed by atoms with Gasteiger partial charge in [-0.15, -0.1) is 0 Å². The van der Waals surface area contributed by atoms with E-state index in [1.54, 1.807) is 0 Å². The van der Waals surface area contributed by atoms with Crippen molar-refractivity contribution < 1.29 is 0 Å². The van der Waals surface area contributed by atoms with Gasteiger partial charge in [0.1, 0.15) is 0 Å². The van der Waals surface area contributed by atoms with Gasteiger partial charge >= 0.3 is 0 Å². The van der Waals surface area contributed by atoms with Crippen LogP contribution in [0.3, 0.4) is 0 Å². The van der Waals surface area contributed by atoms with Gasteiger partial charge in [0.25, 0.3) is 0 Å². The highest BCUT2D eigenvalue weighted by atomic mass is 15.1. The Morgan fingerprint density at radius 1 is 0.107 bits per heavy atom. The number of rotatable bonds is 15. The summed E-state index contributed by atoms with van der Waals surface area (Å²) in [5.74, 6) is 5.56. The summed E-state index contributed by atoms with van der Waals surface area (Å²) in [6.45, 7) is 0. The fourth-order valence-electron chi connectivity index (χ4n) is 18.4. The third kappa shape index (κ3) is 16.9. The first-order valence-electron chi connectivity index (χ1n) is 46.3. The summed E-state index contributed by atoms with van der Waals surface area (Å²) in [5.41, 5.74) is 20.2. The van der Waals surface area contributed by atoms with Gasteiger partial charge in [-0.3, -0.25) is 29.9 Å². The maximum Gasteiger partial charge on any atom is 0.164 e. The van der Waals surface area contributed by atoms with Gasteiger partial charge in [-0.05, 0) is 96.3 Å². The number of fused-ring (bicyclic) bond motifs is 8. The Morgan fingerprint density at radius 3 is 0.564 bits per heavy atom. The van der Waals surface area contributed by atoms with Gasteiger partial charge in [0.2, 0.25) is 0 Å². The molecule has 0 unspecified atom stereocenters. The van der Waals surface area contributed by atoms with Gasteiger partial charge in [-0.1, -0.05) is 400 Å². The van der Waals surface area contributed by atoms with Crippen LogP contribution in [0.4, 0.5) is 0 Å². The van der Waals surface area contributed by atoms with E-state index in [1.807, 2.05) is 152 Å². The lowest BCUT2D eigenvalue weighted by Gasteiger charge is -2.11. The summed E-state index contributed by atoms with van der Waals surface area (Å²) in [6, 6.07) is 151. The molecule has 654 valence electrons. The van der Waals surface area contributed by atoms with Gasteiger partial charge in [-0.25, -0.2) is 44.9 Å². The Bertz CT molecular complexity index is 8700. The molecule has 26 aromatic rings. The average molecular weight is 1790 g/mol. The smallest absolute Gasteiger partial charge is 0.164 e. The predicted molar refractivity (Wildman–Crippen MR) is 568 cm³/mol. The van der Waals surface area contributed by atoms with Crippen LogP contribution < -0.4 is 0 Å². The second-order valence-electron chi connectivity index (χ2n) is 34.1. The highest BCUT2D eigenvalue weighted by molar-refractivity contribution is 6.02. The summed E-state index contributed by atoms with van der Waals surface area (Å²) in [4.78, 5) is 73.2. The van der Waals surface area contributed by atoms with Crippen LogP contribution in [0.2, 0.25) is 0 Å². The lowest BCUT2D eigenvalue weighted by Crippen LogP contribution is -2.00. The van der Waals surface area contributed by atoms with E-state index in [4.69, 9.17) is 64.8 Å². The Morgan fingerprint density at radius 2 is 0.293 bits per heavy atom. The molecule has 0 atom stereocenters. The Balaban J connectivity index is 0.000000114. The van der Waals surface area contributed by atoms with Gasteiger partial charge < -0.3 is 0 Å². The third-order valence-electron chi connectivity index (χ3n) is 25.5. The Hall–Kier alpha value is -19.3.